The van der Waals surface area contributed by atoms with Gasteiger partial charge < -0.3 is 10.1 Å². The summed E-state index contributed by atoms with van der Waals surface area (Å²) >= 11 is 9.59. The molecule has 110 valence electrons. The summed E-state index contributed by atoms with van der Waals surface area (Å²) in [5.74, 6) is 7.06. The number of nitrogen functional groups attached to an aromatic ring is 1. The van der Waals surface area contributed by atoms with E-state index < -0.39 is 0 Å². The molecule has 0 saturated heterocycles. The van der Waals surface area contributed by atoms with E-state index in [1.165, 1.54) is 11.8 Å². The molecule has 2 heterocycles. The van der Waals surface area contributed by atoms with Gasteiger partial charge in [0.1, 0.15) is 10.8 Å². The maximum atomic E-state index is 6.07. The highest BCUT2D eigenvalue weighted by molar-refractivity contribution is 9.10. The fraction of sp³-hybridized carbons (Fsp3) is 0.231. The Hall–Kier alpha value is -1.57. The molecule has 0 spiro atoms. The van der Waals surface area contributed by atoms with E-state index in [2.05, 4.69) is 42.7 Å². The predicted molar refractivity (Wildman–Crippen MR) is 85.5 cm³/mol. The first-order chi connectivity index (χ1) is 10.2. The third-order valence-corrected chi connectivity index (χ3v) is 3.88. The molecule has 1 aliphatic rings. The van der Waals surface area contributed by atoms with Crippen molar-refractivity contribution in [3.8, 4) is 5.75 Å². The lowest BCUT2D eigenvalue weighted by molar-refractivity contribution is 0.354. The Morgan fingerprint density at radius 2 is 2.29 bits per heavy atom. The molecular weight excluding hydrogens is 358 g/mol. The van der Waals surface area contributed by atoms with Crippen molar-refractivity contribution in [3.05, 3.63) is 39.0 Å². The van der Waals surface area contributed by atoms with Crippen LogP contribution in [0.15, 0.2) is 22.8 Å². The molecule has 3 rings (SSSR count). The zero-order valence-corrected chi connectivity index (χ0v) is 13.3. The van der Waals surface area contributed by atoms with Gasteiger partial charge in [-0.1, -0.05) is 27.5 Å². The minimum absolute atomic E-state index is 0.303. The first kappa shape index (κ1) is 14.4. The van der Waals surface area contributed by atoms with Crippen molar-refractivity contribution in [1.82, 2.24) is 9.97 Å². The van der Waals surface area contributed by atoms with Crippen LogP contribution in [-0.4, -0.2) is 16.6 Å². The topological polar surface area (TPSA) is 85.1 Å². The van der Waals surface area contributed by atoms with Crippen LogP contribution in [0.1, 0.15) is 11.1 Å². The average Bonchev–Trinajstić information content (AvgIpc) is 2.94. The number of hydrazine groups is 1. The maximum Gasteiger partial charge on any atom is 0.239 e. The Morgan fingerprint density at radius 3 is 3.10 bits per heavy atom. The predicted octanol–water partition coefficient (Wildman–Crippen LogP) is 2.73. The van der Waals surface area contributed by atoms with Crippen LogP contribution < -0.4 is 21.3 Å². The number of nitrogens with zero attached hydrogens (tertiary/aromatic N) is 2. The van der Waals surface area contributed by atoms with Gasteiger partial charge in [-0.3, -0.25) is 5.43 Å². The highest BCUT2D eigenvalue weighted by atomic mass is 79.9. The summed E-state index contributed by atoms with van der Waals surface area (Å²) in [6.07, 6.45) is 2.42. The Bertz CT molecular complexity index is 682. The molecule has 0 aliphatic carbocycles. The number of anilines is 2. The van der Waals surface area contributed by atoms with Gasteiger partial charge in [0.2, 0.25) is 5.95 Å². The zero-order chi connectivity index (χ0) is 14.8. The van der Waals surface area contributed by atoms with Gasteiger partial charge in [-0.15, -0.1) is 0 Å². The molecule has 0 saturated carbocycles. The lowest BCUT2D eigenvalue weighted by Crippen LogP contribution is -2.12. The van der Waals surface area contributed by atoms with E-state index in [1.807, 2.05) is 6.07 Å². The van der Waals surface area contributed by atoms with E-state index in [0.29, 0.717) is 29.9 Å². The first-order valence-corrected chi connectivity index (χ1v) is 7.51. The van der Waals surface area contributed by atoms with Crippen molar-refractivity contribution in [2.45, 2.75) is 13.0 Å². The third-order valence-electron chi connectivity index (χ3n) is 3.14. The Balaban J connectivity index is 1.82. The van der Waals surface area contributed by atoms with Gasteiger partial charge in [-0.2, -0.15) is 4.98 Å². The first-order valence-electron chi connectivity index (χ1n) is 6.34. The van der Waals surface area contributed by atoms with Gasteiger partial charge in [0, 0.05) is 23.0 Å². The summed E-state index contributed by atoms with van der Waals surface area (Å²) in [7, 11) is 0. The molecule has 21 heavy (non-hydrogen) atoms. The van der Waals surface area contributed by atoms with Gasteiger partial charge in [0.25, 0.3) is 0 Å². The monoisotopic (exact) mass is 369 g/mol. The van der Waals surface area contributed by atoms with Crippen LogP contribution in [0.3, 0.4) is 0 Å². The molecule has 0 atom stereocenters. The number of fused-ring (bicyclic) bond motifs is 1. The Labute approximate surface area is 135 Å². The summed E-state index contributed by atoms with van der Waals surface area (Å²) in [4.78, 5) is 8.11. The summed E-state index contributed by atoms with van der Waals surface area (Å²) in [5, 5.41) is 3.61. The van der Waals surface area contributed by atoms with Crippen molar-refractivity contribution in [2.24, 2.45) is 5.84 Å². The fourth-order valence-corrected chi connectivity index (χ4v) is 2.93. The lowest BCUT2D eigenvalue weighted by atomic mass is 10.1. The summed E-state index contributed by atoms with van der Waals surface area (Å²) in [6.45, 7) is 1.26. The number of hydrogen-bond acceptors (Lipinski definition) is 6. The number of rotatable bonds is 4. The average molecular weight is 371 g/mol. The van der Waals surface area contributed by atoms with E-state index in [0.717, 1.165) is 22.2 Å². The van der Waals surface area contributed by atoms with Gasteiger partial charge in [-0.25, -0.2) is 10.8 Å². The summed E-state index contributed by atoms with van der Waals surface area (Å²) < 4.78 is 6.72. The normalized spacial score (nSPS) is 12.7. The van der Waals surface area contributed by atoms with Gasteiger partial charge in [0.15, 0.2) is 5.82 Å². The van der Waals surface area contributed by atoms with Crippen LogP contribution in [0.5, 0.6) is 5.75 Å². The quantitative estimate of drug-likeness (QED) is 0.567. The number of ether oxygens (including phenoxy) is 1. The molecule has 8 heteroatoms. The largest absolute Gasteiger partial charge is 0.493 e. The molecule has 0 unspecified atom stereocenters. The highest BCUT2D eigenvalue weighted by Crippen LogP contribution is 2.33. The van der Waals surface area contributed by atoms with Crippen molar-refractivity contribution >= 4 is 39.3 Å². The van der Waals surface area contributed by atoms with Crippen LogP contribution in [0.2, 0.25) is 5.02 Å². The zero-order valence-electron chi connectivity index (χ0n) is 11.0. The minimum Gasteiger partial charge on any atom is -0.493 e. The molecule has 1 aromatic heterocycles. The maximum absolute atomic E-state index is 6.07. The van der Waals surface area contributed by atoms with E-state index >= 15 is 0 Å². The van der Waals surface area contributed by atoms with Crippen molar-refractivity contribution in [2.75, 3.05) is 17.3 Å². The second-order valence-electron chi connectivity index (χ2n) is 4.54. The van der Waals surface area contributed by atoms with Gasteiger partial charge >= 0.3 is 0 Å². The molecule has 6 nitrogen and oxygen atoms in total. The minimum atomic E-state index is 0.303. The Morgan fingerprint density at radius 1 is 1.43 bits per heavy atom. The standard InChI is InChI=1S/C13H13BrClN5O/c14-9-3-7-1-2-21-11(7)8(4-9)5-17-12-10(15)6-18-13(19-12)20-16/h3-4,6H,1-2,5,16H2,(H2,17,18,19,20). The molecule has 0 radical (unpaired) electrons. The smallest absolute Gasteiger partial charge is 0.239 e. The van der Waals surface area contributed by atoms with Crippen LogP contribution >= 0.6 is 27.5 Å². The number of nitrogens with one attached hydrogen (secondary N) is 2. The van der Waals surface area contributed by atoms with Crippen LogP contribution in [0.25, 0.3) is 0 Å². The van der Waals surface area contributed by atoms with Crippen molar-refractivity contribution < 1.29 is 4.74 Å². The SMILES string of the molecule is NNc1ncc(Cl)c(NCc2cc(Br)cc3c2OCC3)n1. The van der Waals surface area contributed by atoms with Gasteiger partial charge in [0.05, 0.1) is 12.8 Å². The number of benzene rings is 1. The second-order valence-corrected chi connectivity index (χ2v) is 5.86. The fourth-order valence-electron chi connectivity index (χ4n) is 2.22. The van der Waals surface area contributed by atoms with Gasteiger partial charge in [-0.05, 0) is 17.7 Å². The summed E-state index contributed by atoms with van der Waals surface area (Å²) in [6, 6.07) is 4.11. The molecule has 4 N–H and O–H groups in total. The van der Waals surface area contributed by atoms with Crippen LogP contribution in [-0.2, 0) is 13.0 Å². The van der Waals surface area contributed by atoms with Crippen LogP contribution in [0, 0.1) is 0 Å². The molecule has 0 fully saturated rings. The molecule has 1 aliphatic heterocycles. The van der Waals surface area contributed by atoms with E-state index in [1.54, 1.807) is 0 Å². The number of nitrogens with two attached hydrogens (primary N) is 1. The Kier molecular flexibility index (Phi) is 4.14. The van der Waals surface area contributed by atoms with Crippen LogP contribution in [0.4, 0.5) is 11.8 Å². The molecule has 0 amide bonds. The van der Waals surface area contributed by atoms with E-state index in [-0.39, 0.29) is 0 Å². The third kappa shape index (κ3) is 3.04. The number of halogens is 2. The molecule has 0 bridgehead atoms. The highest BCUT2D eigenvalue weighted by Gasteiger charge is 2.17. The van der Waals surface area contributed by atoms with E-state index in [9.17, 15) is 0 Å². The molecule has 2 aromatic rings. The number of hydrogen-bond donors (Lipinski definition) is 3. The van der Waals surface area contributed by atoms with Crippen molar-refractivity contribution in [3.63, 3.8) is 0 Å². The van der Waals surface area contributed by atoms with Crippen molar-refractivity contribution in [1.29, 1.82) is 0 Å². The van der Waals surface area contributed by atoms with E-state index in [4.69, 9.17) is 22.2 Å². The molecule has 1 aromatic carbocycles. The molecular formula is C13H13BrClN5O. The number of aromatic nitrogens is 2. The second kappa shape index (κ2) is 6.05. The summed E-state index contributed by atoms with van der Waals surface area (Å²) in [5.41, 5.74) is 4.65. The lowest BCUT2D eigenvalue weighted by Gasteiger charge is -2.12.